The molecule has 0 fully saturated rings. The molecule has 0 amide bonds. The van der Waals surface area contributed by atoms with Gasteiger partial charge in [0, 0.05) is 25.5 Å². The van der Waals surface area contributed by atoms with Crippen LogP contribution in [0, 0.1) is 0 Å². The first-order chi connectivity index (χ1) is 4.72. The Morgan fingerprint density at radius 1 is 1.20 bits per heavy atom. The van der Waals surface area contributed by atoms with Crippen LogP contribution < -0.4 is 5.73 Å². The summed E-state index contributed by atoms with van der Waals surface area (Å²) in [5, 5.41) is 0. The fraction of sp³-hybridized carbons (Fsp3) is 0.750. The van der Waals surface area contributed by atoms with Crippen LogP contribution in [0.25, 0.3) is 0 Å². The van der Waals surface area contributed by atoms with Gasteiger partial charge in [0.1, 0.15) is 0 Å². The third kappa shape index (κ3) is 1.43. The van der Waals surface area contributed by atoms with Crippen molar-refractivity contribution in [2.75, 3.05) is 14.1 Å². The number of nitrogens with two attached hydrogens (primary N) is 1. The molecule has 2 nitrogen and oxygen atoms in total. The van der Waals surface area contributed by atoms with Gasteiger partial charge in [0.25, 0.3) is 0 Å². The Hall–Kier alpha value is -0.660. The van der Waals surface area contributed by atoms with E-state index in [1.807, 2.05) is 0 Å². The Morgan fingerprint density at radius 3 is 2.20 bits per heavy atom. The SMILES string of the molecule is CN(C)C1=C(N)CCCC1. The molecule has 0 aromatic rings. The van der Waals surface area contributed by atoms with Crippen molar-refractivity contribution in [1.29, 1.82) is 0 Å². The van der Waals surface area contributed by atoms with Crippen molar-refractivity contribution in [3.63, 3.8) is 0 Å². The van der Waals surface area contributed by atoms with E-state index in [0.717, 1.165) is 12.1 Å². The molecule has 1 aliphatic rings. The lowest BCUT2D eigenvalue weighted by Gasteiger charge is -2.23. The number of allylic oxidation sites excluding steroid dienone is 2. The van der Waals surface area contributed by atoms with E-state index in [2.05, 4.69) is 19.0 Å². The predicted molar refractivity (Wildman–Crippen MR) is 43.4 cm³/mol. The van der Waals surface area contributed by atoms with Gasteiger partial charge in [-0.15, -0.1) is 0 Å². The molecule has 0 radical (unpaired) electrons. The standard InChI is InChI=1S/C8H16N2/c1-10(2)8-6-4-3-5-7(8)9/h3-6,9H2,1-2H3. The molecule has 58 valence electrons. The molecule has 0 aromatic heterocycles. The van der Waals surface area contributed by atoms with Crippen LogP contribution in [-0.2, 0) is 0 Å². The highest BCUT2D eigenvalue weighted by Gasteiger charge is 2.10. The molecule has 0 bridgehead atoms. The van der Waals surface area contributed by atoms with Crippen molar-refractivity contribution in [2.24, 2.45) is 5.73 Å². The first-order valence-electron chi connectivity index (χ1n) is 3.86. The molecule has 0 heterocycles. The highest BCUT2D eigenvalue weighted by atomic mass is 15.1. The maximum absolute atomic E-state index is 5.82. The van der Waals surface area contributed by atoms with Crippen molar-refractivity contribution < 1.29 is 0 Å². The van der Waals surface area contributed by atoms with E-state index in [1.54, 1.807) is 0 Å². The third-order valence-corrected chi connectivity index (χ3v) is 2.02. The Kier molecular flexibility index (Phi) is 2.20. The lowest BCUT2D eigenvalue weighted by molar-refractivity contribution is 0.447. The summed E-state index contributed by atoms with van der Waals surface area (Å²) in [7, 11) is 4.13. The van der Waals surface area contributed by atoms with E-state index < -0.39 is 0 Å². The van der Waals surface area contributed by atoms with Gasteiger partial charge in [0.2, 0.25) is 0 Å². The lowest BCUT2D eigenvalue weighted by Crippen LogP contribution is -2.19. The van der Waals surface area contributed by atoms with Crippen LogP contribution in [0.15, 0.2) is 11.4 Å². The Labute approximate surface area is 62.7 Å². The number of hydrogen-bond acceptors (Lipinski definition) is 2. The second kappa shape index (κ2) is 2.95. The van der Waals surface area contributed by atoms with Gasteiger partial charge in [-0.05, 0) is 25.7 Å². The molecule has 0 aromatic carbocycles. The maximum Gasteiger partial charge on any atom is 0.0318 e. The van der Waals surface area contributed by atoms with Crippen molar-refractivity contribution in [2.45, 2.75) is 25.7 Å². The second-order valence-electron chi connectivity index (χ2n) is 3.07. The van der Waals surface area contributed by atoms with Crippen LogP contribution >= 0.6 is 0 Å². The summed E-state index contributed by atoms with van der Waals surface area (Å²) in [6, 6.07) is 0. The molecule has 2 heteroatoms. The molecule has 0 spiro atoms. The summed E-state index contributed by atoms with van der Waals surface area (Å²) in [6.45, 7) is 0. The average Bonchev–Trinajstić information content (AvgIpc) is 1.88. The Bertz CT molecular complexity index is 147. The molecule has 0 saturated carbocycles. The molecule has 1 rings (SSSR count). The van der Waals surface area contributed by atoms with Gasteiger partial charge in [0.15, 0.2) is 0 Å². The topological polar surface area (TPSA) is 29.3 Å². The molecule has 0 saturated heterocycles. The monoisotopic (exact) mass is 140 g/mol. The van der Waals surface area contributed by atoms with Crippen LogP contribution in [0.4, 0.5) is 0 Å². The highest BCUT2D eigenvalue weighted by molar-refractivity contribution is 5.11. The van der Waals surface area contributed by atoms with E-state index in [9.17, 15) is 0 Å². The minimum absolute atomic E-state index is 1.09. The fourth-order valence-corrected chi connectivity index (χ4v) is 1.42. The summed E-state index contributed by atoms with van der Waals surface area (Å²) in [5.41, 5.74) is 8.25. The van der Waals surface area contributed by atoms with Crippen LogP contribution in [0.1, 0.15) is 25.7 Å². The zero-order valence-corrected chi connectivity index (χ0v) is 6.85. The van der Waals surface area contributed by atoms with Crippen LogP contribution in [0.3, 0.4) is 0 Å². The smallest absolute Gasteiger partial charge is 0.0318 e. The van der Waals surface area contributed by atoms with Gasteiger partial charge in [0.05, 0.1) is 0 Å². The molecular weight excluding hydrogens is 124 g/mol. The molecule has 0 aliphatic heterocycles. The summed E-state index contributed by atoms with van der Waals surface area (Å²) in [6.07, 6.45) is 4.82. The fourth-order valence-electron chi connectivity index (χ4n) is 1.42. The predicted octanol–water partition coefficient (Wildman–Crippen LogP) is 1.29. The van der Waals surface area contributed by atoms with Gasteiger partial charge < -0.3 is 10.6 Å². The molecule has 2 N–H and O–H groups in total. The summed E-state index contributed by atoms with van der Waals surface area (Å²) in [4.78, 5) is 2.13. The zero-order valence-electron chi connectivity index (χ0n) is 6.85. The summed E-state index contributed by atoms with van der Waals surface area (Å²) >= 11 is 0. The normalized spacial score (nSPS) is 19.4. The van der Waals surface area contributed by atoms with Gasteiger partial charge in [-0.1, -0.05) is 0 Å². The molecule has 0 atom stereocenters. The number of rotatable bonds is 1. The molecule has 10 heavy (non-hydrogen) atoms. The lowest BCUT2D eigenvalue weighted by atomic mass is 10.0. The van der Waals surface area contributed by atoms with E-state index in [1.165, 1.54) is 25.0 Å². The molecule has 0 unspecified atom stereocenters. The van der Waals surface area contributed by atoms with Crippen molar-refractivity contribution in [3.05, 3.63) is 11.4 Å². The number of hydrogen-bond donors (Lipinski definition) is 1. The van der Waals surface area contributed by atoms with Gasteiger partial charge in [-0.3, -0.25) is 0 Å². The van der Waals surface area contributed by atoms with E-state index in [4.69, 9.17) is 5.73 Å². The van der Waals surface area contributed by atoms with Crippen molar-refractivity contribution in [3.8, 4) is 0 Å². The minimum atomic E-state index is 1.09. The van der Waals surface area contributed by atoms with Gasteiger partial charge >= 0.3 is 0 Å². The van der Waals surface area contributed by atoms with Gasteiger partial charge in [-0.25, -0.2) is 0 Å². The van der Waals surface area contributed by atoms with E-state index in [-0.39, 0.29) is 0 Å². The van der Waals surface area contributed by atoms with E-state index >= 15 is 0 Å². The zero-order chi connectivity index (χ0) is 7.56. The maximum atomic E-state index is 5.82. The second-order valence-corrected chi connectivity index (χ2v) is 3.07. The van der Waals surface area contributed by atoms with Crippen molar-refractivity contribution >= 4 is 0 Å². The van der Waals surface area contributed by atoms with E-state index in [0.29, 0.717) is 0 Å². The number of nitrogens with zero attached hydrogens (tertiary/aromatic N) is 1. The van der Waals surface area contributed by atoms with Gasteiger partial charge in [-0.2, -0.15) is 0 Å². The third-order valence-electron chi connectivity index (χ3n) is 2.02. The Morgan fingerprint density at radius 2 is 1.80 bits per heavy atom. The van der Waals surface area contributed by atoms with Crippen LogP contribution in [-0.4, -0.2) is 19.0 Å². The highest BCUT2D eigenvalue weighted by Crippen LogP contribution is 2.21. The average molecular weight is 140 g/mol. The first-order valence-corrected chi connectivity index (χ1v) is 3.86. The minimum Gasteiger partial charge on any atom is -0.401 e. The molecular formula is C8H16N2. The largest absolute Gasteiger partial charge is 0.401 e. The summed E-state index contributed by atoms with van der Waals surface area (Å²) < 4.78 is 0. The van der Waals surface area contributed by atoms with Crippen LogP contribution in [0.5, 0.6) is 0 Å². The summed E-state index contributed by atoms with van der Waals surface area (Å²) in [5.74, 6) is 0. The first kappa shape index (κ1) is 7.45. The Balaban J connectivity index is 2.68. The van der Waals surface area contributed by atoms with Crippen molar-refractivity contribution in [1.82, 2.24) is 4.90 Å². The van der Waals surface area contributed by atoms with Crippen LogP contribution in [0.2, 0.25) is 0 Å². The quantitative estimate of drug-likeness (QED) is 0.594. The molecule has 1 aliphatic carbocycles.